The van der Waals surface area contributed by atoms with Gasteiger partial charge < -0.3 is 5.32 Å². The quantitative estimate of drug-likeness (QED) is 0.894. The normalized spacial score (nSPS) is 18.7. The van der Waals surface area contributed by atoms with Gasteiger partial charge in [0.15, 0.2) is 0 Å². The summed E-state index contributed by atoms with van der Waals surface area (Å²) in [6, 6.07) is 0.539. The molecule has 1 heterocycles. The van der Waals surface area contributed by atoms with Gasteiger partial charge >= 0.3 is 0 Å². The van der Waals surface area contributed by atoms with E-state index >= 15 is 0 Å². The fraction of sp³-hybridized carbons (Fsp3) is 0.812. The van der Waals surface area contributed by atoms with Crippen molar-refractivity contribution in [2.24, 2.45) is 12.5 Å². The van der Waals surface area contributed by atoms with E-state index in [-0.39, 0.29) is 0 Å². The summed E-state index contributed by atoms with van der Waals surface area (Å²) in [5.41, 5.74) is 2.51. The van der Waals surface area contributed by atoms with E-state index < -0.39 is 0 Å². The number of halogens is 1. The Morgan fingerprint density at radius 3 is 2.45 bits per heavy atom. The highest BCUT2D eigenvalue weighted by Gasteiger charge is 2.34. The van der Waals surface area contributed by atoms with Crippen LogP contribution < -0.4 is 5.32 Å². The highest BCUT2D eigenvalue weighted by molar-refractivity contribution is 6.31. The first-order chi connectivity index (χ1) is 9.43. The van der Waals surface area contributed by atoms with Crippen LogP contribution in [0.3, 0.4) is 0 Å². The molecule has 3 nitrogen and oxygen atoms in total. The van der Waals surface area contributed by atoms with Crippen molar-refractivity contribution in [2.75, 3.05) is 6.54 Å². The van der Waals surface area contributed by atoms with Crippen LogP contribution in [0, 0.1) is 12.3 Å². The van der Waals surface area contributed by atoms with Crippen LogP contribution in [0.5, 0.6) is 0 Å². The van der Waals surface area contributed by atoms with E-state index in [4.69, 9.17) is 11.6 Å². The average Bonchev–Trinajstić information content (AvgIpc) is 2.64. The van der Waals surface area contributed by atoms with E-state index in [2.05, 4.69) is 24.3 Å². The molecule has 0 radical (unpaired) electrons. The summed E-state index contributed by atoms with van der Waals surface area (Å²) in [5.74, 6) is 0. The number of nitrogens with one attached hydrogen (secondary N) is 1. The van der Waals surface area contributed by atoms with Crippen molar-refractivity contribution in [3.63, 3.8) is 0 Å². The Labute approximate surface area is 128 Å². The monoisotopic (exact) mass is 297 g/mol. The molecule has 1 N–H and O–H groups in total. The van der Waals surface area contributed by atoms with E-state index in [1.54, 1.807) is 0 Å². The lowest BCUT2D eigenvalue weighted by atomic mass is 9.71. The number of hydrogen-bond donors (Lipinski definition) is 1. The van der Waals surface area contributed by atoms with Crippen molar-refractivity contribution in [2.45, 2.75) is 65.3 Å². The summed E-state index contributed by atoms with van der Waals surface area (Å²) in [7, 11) is 2.01. The van der Waals surface area contributed by atoms with Gasteiger partial charge in [0.2, 0.25) is 0 Å². The van der Waals surface area contributed by atoms with Crippen molar-refractivity contribution in [3.8, 4) is 0 Å². The molecule has 1 aromatic rings. The van der Waals surface area contributed by atoms with Gasteiger partial charge in [-0.2, -0.15) is 5.10 Å². The fourth-order valence-corrected chi connectivity index (χ4v) is 3.59. The van der Waals surface area contributed by atoms with Crippen LogP contribution in [0.4, 0.5) is 0 Å². The predicted octanol–water partition coefficient (Wildman–Crippen LogP) is 3.87. The summed E-state index contributed by atoms with van der Waals surface area (Å²) in [5, 5.41) is 8.98. The molecule has 114 valence electrons. The number of aromatic nitrogens is 2. The number of hydrogen-bond acceptors (Lipinski definition) is 2. The van der Waals surface area contributed by atoms with Crippen LogP contribution in [0.15, 0.2) is 0 Å². The Bertz CT molecular complexity index is 445. The molecule has 0 bridgehead atoms. The minimum Gasteiger partial charge on any atom is -0.314 e. The van der Waals surface area contributed by atoms with Crippen molar-refractivity contribution in [3.05, 3.63) is 16.4 Å². The van der Waals surface area contributed by atoms with Crippen molar-refractivity contribution in [1.82, 2.24) is 15.1 Å². The second kappa shape index (κ2) is 6.48. The van der Waals surface area contributed by atoms with Gasteiger partial charge in [0.05, 0.1) is 16.4 Å². The van der Waals surface area contributed by atoms with Gasteiger partial charge in [-0.05, 0) is 31.6 Å². The van der Waals surface area contributed by atoms with Gasteiger partial charge in [-0.15, -0.1) is 0 Å². The molecular formula is C16H28ClN3. The summed E-state index contributed by atoms with van der Waals surface area (Å²) < 4.78 is 1.98. The number of nitrogens with zero attached hydrogens (tertiary/aromatic N) is 2. The highest BCUT2D eigenvalue weighted by Crippen LogP contribution is 2.40. The summed E-state index contributed by atoms with van der Waals surface area (Å²) in [4.78, 5) is 0. The zero-order valence-electron chi connectivity index (χ0n) is 13.3. The second-order valence-electron chi connectivity index (χ2n) is 6.74. The third-order valence-electron chi connectivity index (χ3n) is 4.60. The van der Waals surface area contributed by atoms with Crippen LogP contribution in [0.2, 0.25) is 5.02 Å². The maximum Gasteiger partial charge on any atom is 0.0847 e. The van der Waals surface area contributed by atoms with Gasteiger partial charge in [-0.25, -0.2) is 0 Å². The number of rotatable bonds is 5. The maximum absolute atomic E-state index is 6.45. The first kappa shape index (κ1) is 15.8. The lowest BCUT2D eigenvalue weighted by Crippen LogP contribution is -2.41. The molecule has 1 saturated carbocycles. The summed E-state index contributed by atoms with van der Waals surface area (Å²) in [6.45, 7) is 7.52. The molecule has 0 aromatic carbocycles. The summed E-state index contributed by atoms with van der Waals surface area (Å²) in [6.07, 6.45) is 7.70. The van der Waals surface area contributed by atoms with Gasteiger partial charge in [0.25, 0.3) is 0 Å². The third kappa shape index (κ3) is 3.56. The van der Waals surface area contributed by atoms with E-state index in [1.807, 2.05) is 18.7 Å². The Balaban J connectivity index is 2.18. The lowest BCUT2D eigenvalue weighted by molar-refractivity contribution is 0.173. The molecular weight excluding hydrogens is 270 g/mol. The van der Waals surface area contributed by atoms with Crippen LogP contribution in [-0.4, -0.2) is 22.4 Å². The summed E-state index contributed by atoms with van der Waals surface area (Å²) >= 11 is 6.45. The van der Waals surface area contributed by atoms with E-state index in [0.717, 1.165) is 23.7 Å². The van der Waals surface area contributed by atoms with Crippen molar-refractivity contribution >= 4 is 11.6 Å². The van der Waals surface area contributed by atoms with Crippen LogP contribution >= 0.6 is 11.6 Å². The molecule has 1 aliphatic rings. The topological polar surface area (TPSA) is 29.9 Å². The van der Waals surface area contributed by atoms with Gasteiger partial charge in [0.1, 0.15) is 0 Å². The largest absolute Gasteiger partial charge is 0.314 e. The molecule has 0 amide bonds. The van der Waals surface area contributed by atoms with Crippen LogP contribution in [-0.2, 0) is 13.5 Å². The zero-order chi connectivity index (χ0) is 14.8. The van der Waals surface area contributed by atoms with Crippen LogP contribution in [0.1, 0.15) is 57.3 Å². The molecule has 4 heteroatoms. The van der Waals surface area contributed by atoms with Gasteiger partial charge in [-0.3, -0.25) is 4.68 Å². The zero-order valence-corrected chi connectivity index (χ0v) is 14.1. The maximum atomic E-state index is 6.45. The van der Waals surface area contributed by atoms with Gasteiger partial charge in [-0.1, -0.05) is 44.7 Å². The minimum absolute atomic E-state index is 0.354. The molecule has 1 fully saturated rings. The first-order valence-corrected chi connectivity index (χ1v) is 8.23. The Morgan fingerprint density at radius 2 is 1.95 bits per heavy atom. The van der Waals surface area contributed by atoms with E-state index in [9.17, 15) is 0 Å². The van der Waals surface area contributed by atoms with Crippen molar-refractivity contribution < 1.29 is 0 Å². The minimum atomic E-state index is 0.354. The standard InChI is InChI=1S/C16H28ClN3/c1-12(2)18-11-16(8-6-5-7-9-16)10-14-15(17)13(3)19-20(14)4/h12,18H,5-11H2,1-4H3. The third-order valence-corrected chi connectivity index (χ3v) is 5.10. The average molecular weight is 298 g/mol. The smallest absolute Gasteiger partial charge is 0.0847 e. The SMILES string of the molecule is Cc1nn(C)c(CC2(CNC(C)C)CCCCC2)c1Cl. The molecule has 1 aromatic heterocycles. The van der Waals surface area contributed by atoms with Crippen LogP contribution in [0.25, 0.3) is 0 Å². The predicted molar refractivity (Wildman–Crippen MR) is 85.3 cm³/mol. The molecule has 1 aliphatic carbocycles. The van der Waals surface area contributed by atoms with Gasteiger partial charge in [0, 0.05) is 19.6 Å². The first-order valence-electron chi connectivity index (χ1n) is 7.85. The molecule has 0 aliphatic heterocycles. The molecule has 0 saturated heterocycles. The highest BCUT2D eigenvalue weighted by atomic mass is 35.5. The second-order valence-corrected chi connectivity index (χ2v) is 7.12. The Morgan fingerprint density at radius 1 is 1.30 bits per heavy atom. The molecule has 0 spiro atoms. The fourth-order valence-electron chi connectivity index (χ4n) is 3.37. The Hall–Kier alpha value is -0.540. The molecule has 0 atom stereocenters. The van der Waals surface area contributed by atoms with E-state index in [0.29, 0.717) is 11.5 Å². The van der Waals surface area contributed by atoms with E-state index in [1.165, 1.54) is 37.8 Å². The lowest BCUT2D eigenvalue weighted by Gasteiger charge is -2.38. The number of aryl methyl sites for hydroxylation is 2. The Kier molecular flexibility index (Phi) is 5.14. The van der Waals surface area contributed by atoms with Crippen molar-refractivity contribution in [1.29, 1.82) is 0 Å². The molecule has 20 heavy (non-hydrogen) atoms. The molecule has 2 rings (SSSR count). The molecule has 0 unspecified atom stereocenters.